The fourth-order valence-electron chi connectivity index (χ4n) is 2.60. The van der Waals surface area contributed by atoms with E-state index in [1.807, 2.05) is 0 Å². The number of nitrogens with one attached hydrogen (secondary N) is 1. The van der Waals surface area contributed by atoms with E-state index in [1.165, 1.54) is 32.1 Å². The second-order valence-electron chi connectivity index (χ2n) is 5.97. The van der Waals surface area contributed by atoms with E-state index in [0.29, 0.717) is 5.84 Å². The molecule has 0 aromatic rings. The van der Waals surface area contributed by atoms with Crippen molar-refractivity contribution >= 4 is 5.84 Å². The Hall–Kier alpha value is -0.570. The molecule has 0 atom stereocenters. The first-order chi connectivity index (χ1) is 7.97. The maximum absolute atomic E-state index is 7.60. The molecule has 1 aliphatic rings. The highest BCUT2D eigenvalue weighted by Gasteiger charge is 2.25. The molecule has 1 saturated carbocycles. The van der Waals surface area contributed by atoms with Crippen LogP contribution in [-0.2, 0) is 0 Å². The normalized spacial score (nSPS) is 18.6. The Balaban J connectivity index is 2.43. The third-order valence-electron chi connectivity index (χ3n) is 4.25. The van der Waals surface area contributed by atoms with Crippen molar-refractivity contribution in [1.82, 2.24) is 4.90 Å². The minimum atomic E-state index is -0.151. The van der Waals surface area contributed by atoms with Crippen LogP contribution in [0.25, 0.3) is 0 Å². The van der Waals surface area contributed by atoms with Gasteiger partial charge in [0.15, 0.2) is 0 Å². The number of nitrogens with zero attached hydrogens (tertiary/aromatic N) is 1. The third-order valence-corrected chi connectivity index (χ3v) is 4.25. The van der Waals surface area contributed by atoms with Crippen LogP contribution >= 0.6 is 0 Å². The van der Waals surface area contributed by atoms with Crippen molar-refractivity contribution in [3.63, 3.8) is 0 Å². The fraction of sp³-hybridized carbons (Fsp3) is 0.929. The minimum absolute atomic E-state index is 0.151. The Kier molecular flexibility index (Phi) is 5.44. The predicted octanol–water partition coefficient (Wildman–Crippen LogP) is 2.99. The van der Waals surface area contributed by atoms with Gasteiger partial charge in [0.25, 0.3) is 0 Å². The lowest BCUT2D eigenvalue weighted by Gasteiger charge is -2.35. The fourth-order valence-corrected chi connectivity index (χ4v) is 2.60. The van der Waals surface area contributed by atoms with Gasteiger partial charge in [-0.25, -0.2) is 0 Å². The van der Waals surface area contributed by atoms with E-state index < -0.39 is 0 Å². The van der Waals surface area contributed by atoms with E-state index in [0.717, 1.165) is 25.6 Å². The monoisotopic (exact) mass is 239 g/mol. The molecule has 3 nitrogen and oxygen atoms in total. The molecule has 0 amide bonds. The molecule has 0 heterocycles. The molecule has 1 rings (SSSR count). The van der Waals surface area contributed by atoms with Gasteiger partial charge in [-0.05, 0) is 32.4 Å². The van der Waals surface area contributed by atoms with Crippen molar-refractivity contribution in [3.8, 4) is 0 Å². The molecule has 1 aliphatic carbocycles. The van der Waals surface area contributed by atoms with Crippen LogP contribution in [0.5, 0.6) is 0 Å². The van der Waals surface area contributed by atoms with Gasteiger partial charge in [-0.3, -0.25) is 5.41 Å². The minimum Gasteiger partial charge on any atom is -0.387 e. The van der Waals surface area contributed by atoms with Gasteiger partial charge >= 0.3 is 0 Å². The SMILES string of the molecule is CCN(CCC(C)(C)C(=N)N)C1CCCCC1. The molecule has 100 valence electrons. The van der Waals surface area contributed by atoms with Crippen molar-refractivity contribution < 1.29 is 0 Å². The van der Waals surface area contributed by atoms with Gasteiger partial charge in [0.1, 0.15) is 0 Å². The van der Waals surface area contributed by atoms with Crippen molar-refractivity contribution in [2.75, 3.05) is 13.1 Å². The number of hydrogen-bond donors (Lipinski definition) is 2. The van der Waals surface area contributed by atoms with Crippen molar-refractivity contribution in [2.45, 2.75) is 65.3 Å². The van der Waals surface area contributed by atoms with Crippen molar-refractivity contribution in [1.29, 1.82) is 5.41 Å². The van der Waals surface area contributed by atoms with Crippen LogP contribution in [0.3, 0.4) is 0 Å². The summed E-state index contributed by atoms with van der Waals surface area (Å²) in [5.41, 5.74) is 5.49. The molecule has 3 N–H and O–H groups in total. The van der Waals surface area contributed by atoms with Gasteiger partial charge in [0.2, 0.25) is 0 Å². The Labute approximate surface area is 106 Å². The highest BCUT2D eigenvalue weighted by molar-refractivity contribution is 5.82. The van der Waals surface area contributed by atoms with Gasteiger partial charge in [0.05, 0.1) is 5.84 Å². The molecule has 3 heteroatoms. The first-order valence-corrected chi connectivity index (χ1v) is 7.06. The molecule has 0 aromatic heterocycles. The molecule has 0 unspecified atom stereocenters. The molecular formula is C14H29N3. The zero-order valence-electron chi connectivity index (χ0n) is 11.8. The summed E-state index contributed by atoms with van der Waals surface area (Å²) < 4.78 is 0. The average Bonchev–Trinajstić information content (AvgIpc) is 2.31. The molecular weight excluding hydrogens is 210 g/mol. The second kappa shape index (κ2) is 6.39. The average molecular weight is 239 g/mol. The Morgan fingerprint density at radius 2 is 1.88 bits per heavy atom. The van der Waals surface area contributed by atoms with Crippen LogP contribution in [-0.4, -0.2) is 29.9 Å². The van der Waals surface area contributed by atoms with Crippen molar-refractivity contribution in [2.24, 2.45) is 11.1 Å². The molecule has 17 heavy (non-hydrogen) atoms. The first kappa shape index (κ1) is 14.5. The lowest BCUT2D eigenvalue weighted by Crippen LogP contribution is -2.41. The Bertz CT molecular complexity index is 242. The van der Waals surface area contributed by atoms with Crippen molar-refractivity contribution in [3.05, 3.63) is 0 Å². The van der Waals surface area contributed by atoms with Crippen LogP contribution in [0.1, 0.15) is 59.3 Å². The summed E-state index contributed by atoms with van der Waals surface area (Å²) in [6.45, 7) is 8.59. The van der Waals surface area contributed by atoms with E-state index in [1.54, 1.807) is 0 Å². The van der Waals surface area contributed by atoms with E-state index in [-0.39, 0.29) is 5.41 Å². The second-order valence-corrected chi connectivity index (χ2v) is 5.97. The quantitative estimate of drug-likeness (QED) is 0.553. The zero-order valence-corrected chi connectivity index (χ0v) is 11.8. The standard InChI is InChI=1S/C14H29N3/c1-4-17(12-8-6-5-7-9-12)11-10-14(2,3)13(15)16/h12H,4-11H2,1-3H3,(H3,15,16). The van der Waals surface area contributed by atoms with Crippen LogP contribution < -0.4 is 5.73 Å². The zero-order chi connectivity index (χ0) is 12.9. The summed E-state index contributed by atoms with van der Waals surface area (Å²) in [6, 6.07) is 0.775. The Morgan fingerprint density at radius 1 is 1.29 bits per heavy atom. The van der Waals surface area contributed by atoms with Crippen LogP contribution in [0.2, 0.25) is 0 Å². The summed E-state index contributed by atoms with van der Waals surface area (Å²) in [7, 11) is 0. The van der Waals surface area contributed by atoms with Gasteiger partial charge in [-0.2, -0.15) is 0 Å². The number of nitrogens with two attached hydrogens (primary N) is 1. The largest absolute Gasteiger partial charge is 0.387 e. The summed E-state index contributed by atoms with van der Waals surface area (Å²) >= 11 is 0. The van der Waals surface area contributed by atoms with Gasteiger partial charge in [0, 0.05) is 11.5 Å². The van der Waals surface area contributed by atoms with Crippen LogP contribution in [0, 0.1) is 10.8 Å². The summed E-state index contributed by atoms with van der Waals surface area (Å²) in [5.74, 6) is 0.317. The maximum atomic E-state index is 7.60. The highest BCUT2D eigenvalue weighted by atomic mass is 15.1. The van der Waals surface area contributed by atoms with E-state index in [9.17, 15) is 0 Å². The lowest BCUT2D eigenvalue weighted by atomic mass is 9.87. The van der Waals surface area contributed by atoms with E-state index in [2.05, 4.69) is 25.7 Å². The lowest BCUT2D eigenvalue weighted by molar-refractivity contribution is 0.151. The van der Waals surface area contributed by atoms with Gasteiger partial charge in [-0.1, -0.05) is 40.0 Å². The molecule has 0 radical (unpaired) electrons. The molecule has 0 saturated heterocycles. The number of hydrogen-bond acceptors (Lipinski definition) is 2. The molecule has 1 fully saturated rings. The van der Waals surface area contributed by atoms with E-state index in [4.69, 9.17) is 11.1 Å². The van der Waals surface area contributed by atoms with Gasteiger partial charge < -0.3 is 10.6 Å². The molecule has 0 aliphatic heterocycles. The topological polar surface area (TPSA) is 53.1 Å². The van der Waals surface area contributed by atoms with Crippen LogP contribution in [0.4, 0.5) is 0 Å². The third kappa shape index (κ3) is 4.30. The highest BCUT2D eigenvalue weighted by Crippen LogP contribution is 2.25. The van der Waals surface area contributed by atoms with Gasteiger partial charge in [-0.15, -0.1) is 0 Å². The smallest absolute Gasteiger partial charge is 0.0963 e. The molecule has 0 spiro atoms. The number of amidine groups is 1. The van der Waals surface area contributed by atoms with Crippen LogP contribution in [0.15, 0.2) is 0 Å². The number of rotatable bonds is 6. The predicted molar refractivity (Wildman–Crippen MR) is 74.4 cm³/mol. The van der Waals surface area contributed by atoms with E-state index >= 15 is 0 Å². The molecule has 0 aromatic carbocycles. The Morgan fingerprint density at radius 3 is 2.35 bits per heavy atom. The first-order valence-electron chi connectivity index (χ1n) is 7.06. The summed E-state index contributed by atoms with van der Waals surface area (Å²) in [6.07, 6.45) is 7.89. The summed E-state index contributed by atoms with van der Waals surface area (Å²) in [5, 5.41) is 7.60. The maximum Gasteiger partial charge on any atom is 0.0963 e. The molecule has 0 bridgehead atoms. The summed E-state index contributed by atoms with van der Waals surface area (Å²) in [4.78, 5) is 2.59.